The highest BCUT2D eigenvalue weighted by Crippen LogP contribution is 2.41. The number of alkyl halides is 4. The summed E-state index contributed by atoms with van der Waals surface area (Å²) in [5, 5.41) is -0.215. The lowest BCUT2D eigenvalue weighted by atomic mass is 10.1. The molecule has 2 fully saturated rings. The second-order valence-corrected chi connectivity index (χ2v) is 8.69. The van der Waals surface area contributed by atoms with Gasteiger partial charge >= 0.3 is 23.8 Å². The maximum atomic E-state index is 15.4. The first-order valence-electron chi connectivity index (χ1n) is 10.4. The van der Waals surface area contributed by atoms with E-state index in [1.807, 2.05) is 0 Å². The zero-order valence-electron chi connectivity index (χ0n) is 18.3. The molecular weight excluding hydrogens is 506 g/mol. The van der Waals surface area contributed by atoms with Gasteiger partial charge in [0.05, 0.1) is 0 Å². The summed E-state index contributed by atoms with van der Waals surface area (Å²) in [4.78, 5) is 44.2. The third-order valence-corrected chi connectivity index (χ3v) is 5.85. The molecule has 2 aromatic heterocycles. The van der Waals surface area contributed by atoms with Gasteiger partial charge in [0.25, 0.3) is 0 Å². The van der Waals surface area contributed by atoms with Crippen LogP contribution in [0.25, 0.3) is 11.2 Å². The third-order valence-electron chi connectivity index (χ3n) is 5.59. The third kappa shape index (κ3) is 4.78. The molecule has 0 spiro atoms. The number of carbonyl (C=O) groups excluding carboxylic acids is 2. The number of anilines is 1. The Kier molecular flexibility index (Phi) is 6.42. The van der Waals surface area contributed by atoms with Crippen molar-refractivity contribution < 1.29 is 41.4 Å². The normalized spacial score (nSPS) is 25.6. The van der Waals surface area contributed by atoms with Crippen LogP contribution in [0.1, 0.15) is 32.9 Å². The van der Waals surface area contributed by atoms with Crippen LogP contribution in [0.15, 0.2) is 4.79 Å². The van der Waals surface area contributed by atoms with Crippen LogP contribution < -0.4 is 11.4 Å². The van der Waals surface area contributed by atoms with Crippen LogP contribution in [0.4, 0.5) is 23.5 Å². The number of aromatic nitrogens is 4. The summed E-state index contributed by atoms with van der Waals surface area (Å²) in [6, 6.07) is 0. The Morgan fingerprint density at radius 2 is 1.91 bits per heavy atom. The molecule has 0 radical (unpaired) electrons. The van der Waals surface area contributed by atoms with Gasteiger partial charge in [0.1, 0.15) is 11.6 Å². The first kappa shape index (κ1) is 25.2. The van der Waals surface area contributed by atoms with Crippen LogP contribution in [0.5, 0.6) is 0 Å². The van der Waals surface area contributed by atoms with Crippen LogP contribution >= 0.6 is 11.6 Å². The van der Waals surface area contributed by atoms with Crippen LogP contribution in [0.2, 0.25) is 5.15 Å². The summed E-state index contributed by atoms with van der Waals surface area (Å²) >= 11 is 6.20. The maximum Gasteiger partial charge on any atom is 0.428 e. The number of imidazole rings is 1. The molecule has 1 saturated carbocycles. The number of hydrogen-bond donors (Lipinski definition) is 1. The summed E-state index contributed by atoms with van der Waals surface area (Å²) in [5.41, 5.74) is 4.55. The molecule has 0 bridgehead atoms. The molecule has 2 aliphatic rings. The number of carbonyl (C=O) groups is 2. The summed E-state index contributed by atoms with van der Waals surface area (Å²) in [5.74, 6) is -2.64. The fraction of sp³-hybridized carbons (Fsp3) is 0.632. The topological polar surface area (TPSA) is 141 Å². The lowest BCUT2D eigenvalue weighted by Crippen LogP contribution is -2.47. The molecule has 5 atom stereocenters. The van der Waals surface area contributed by atoms with Gasteiger partial charge in [-0.05, 0) is 18.8 Å². The summed E-state index contributed by atoms with van der Waals surface area (Å²) in [7, 11) is 0. The van der Waals surface area contributed by atoms with Crippen LogP contribution in [-0.4, -0.2) is 61.7 Å². The number of hydrogen-bond acceptors (Lipinski definition) is 9. The molecule has 2 aromatic rings. The standard InChI is InChI=1S/C19H20ClF4N5O6/c1-6(30)33-12-9(21)11(13(19(22,23)24)34-7(2)31)35-16(12)29-15-10(14(20)26-17(25)27-15)28(18(29)32)5-8-3-4-8/h8-9,11-13,16H,3-5H2,1-2H3,(H2,25,26,27)/t9-,11-,12+,13?,16+/m0/s1. The van der Waals surface area contributed by atoms with Crippen molar-refractivity contribution in [2.45, 2.75) is 70.1 Å². The minimum atomic E-state index is -5.24. The van der Waals surface area contributed by atoms with E-state index in [9.17, 15) is 27.6 Å². The molecule has 3 heterocycles. The lowest BCUT2D eigenvalue weighted by Gasteiger charge is -2.26. The second-order valence-electron chi connectivity index (χ2n) is 8.33. The zero-order chi connectivity index (χ0) is 25.8. The Hall–Kier alpha value is -2.94. The highest BCUT2D eigenvalue weighted by atomic mass is 35.5. The number of esters is 2. The molecule has 1 aliphatic carbocycles. The number of ether oxygens (including phenoxy) is 3. The average molecular weight is 526 g/mol. The number of nitrogens with zero attached hydrogens (tertiary/aromatic N) is 4. The SMILES string of the molecule is CC(=O)OC([C@H]1O[C@@H](n2c(=O)n(CC3CC3)c3c(Cl)nc(N)nc32)[C@H](OC(C)=O)[C@H]1F)C(F)(F)F. The number of nitrogens with two attached hydrogens (primary N) is 1. The van der Waals surface area contributed by atoms with Crippen LogP contribution in [0.3, 0.4) is 0 Å². The van der Waals surface area contributed by atoms with Gasteiger partial charge in [0.15, 0.2) is 29.3 Å². The minimum Gasteiger partial charge on any atom is -0.454 e. The van der Waals surface area contributed by atoms with Crippen molar-refractivity contribution in [1.82, 2.24) is 19.1 Å². The molecule has 16 heteroatoms. The Bertz CT molecular complexity index is 1230. The van der Waals surface area contributed by atoms with Crippen LogP contribution in [-0.2, 0) is 30.3 Å². The van der Waals surface area contributed by atoms with Gasteiger partial charge in [-0.2, -0.15) is 23.1 Å². The minimum absolute atomic E-state index is 0.00848. The number of nitrogen functional groups attached to an aromatic ring is 1. The quantitative estimate of drug-likeness (QED) is 0.340. The predicted molar refractivity (Wildman–Crippen MR) is 110 cm³/mol. The highest BCUT2D eigenvalue weighted by molar-refractivity contribution is 6.33. The molecule has 0 amide bonds. The van der Waals surface area contributed by atoms with E-state index in [-0.39, 0.29) is 34.7 Å². The Balaban J connectivity index is 1.87. The molecule has 0 aromatic carbocycles. The maximum absolute atomic E-state index is 15.4. The van der Waals surface area contributed by atoms with E-state index in [2.05, 4.69) is 14.7 Å². The molecule has 1 saturated heterocycles. The number of halogens is 5. The molecule has 2 N–H and O–H groups in total. The van der Waals surface area contributed by atoms with E-state index in [0.29, 0.717) is 6.92 Å². The molecule has 11 nitrogen and oxygen atoms in total. The lowest BCUT2D eigenvalue weighted by molar-refractivity contribution is -0.252. The van der Waals surface area contributed by atoms with E-state index >= 15 is 4.39 Å². The molecule has 35 heavy (non-hydrogen) atoms. The van der Waals surface area contributed by atoms with Crippen molar-refractivity contribution in [3.05, 3.63) is 15.6 Å². The predicted octanol–water partition coefficient (Wildman–Crippen LogP) is 1.90. The number of fused-ring (bicyclic) bond motifs is 1. The van der Waals surface area contributed by atoms with Gasteiger partial charge in [0.2, 0.25) is 12.1 Å². The van der Waals surface area contributed by atoms with Gasteiger partial charge in [-0.1, -0.05) is 11.6 Å². The number of rotatable bonds is 6. The molecule has 1 aliphatic heterocycles. The largest absolute Gasteiger partial charge is 0.454 e. The van der Waals surface area contributed by atoms with Gasteiger partial charge in [-0.3, -0.25) is 14.2 Å². The van der Waals surface area contributed by atoms with E-state index < -0.39 is 54.5 Å². The summed E-state index contributed by atoms with van der Waals surface area (Å²) < 4.78 is 72.8. The Labute approximate surface area is 199 Å². The van der Waals surface area contributed by atoms with E-state index in [1.165, 1.54) is 4.57 Å². The fourth-order valence-electron chi connectivity index (χ4n) is 4.02. The second kappa shape index (κ2) is 8.93. The smallest absolute Gasteiger partial charge is 0.428 e. The van der Waals surface area contributed by atoms with Crippen LogP contribution in [0, 0.1) is 5.92 Å². The van der Waals surface area contributed by atoms with Crippen molar-refractivity contribution in [3.8, 4) is 0 Å². The van der Waals surface area contributed by atoms with Crippen molar-refractivity contribution in [3.63, 3.8) is 0 Å². The van der Waals surface area contributed by atoms with E-state index in [0.717, 1.165) is 24.3 Å². The molecule has 1 unspecified atom stereocenters. The van der Waals surface area contributed by atoms with Crippen molar-refractivity contribution in [1.29, 1.82) is 0 Å². The van der Waals surface area contributed by atoms with E-state index in [4.69, 9.17) is 26.8 Å². The van der Waals surface area contributed by atoms with Crippen molar-refractivity contribution >= 4 is 40.7 Å². The van der Waals surface area contributed by atoms with Gasteiger partial charge in [-0.25, -0.2) is 13.8 Å². The zero-order valence-corrected chi connectivity index (χ0v) is 19.0. The first-order chi connectivity index (χ1) is 16.3. The molecular formula is C19H20ClF4N5O6. The summed E-state index contributed by atoms with van der Waals surface area (Å²) in [6.45, 7) is 1.79. The average Bonchev–Trinajstić information content (AvgIpc) is 3.43. The Morgan fingerprint density at radius 3 is 2.46 bits per heavy atom. The van der Waals surface area contributed by atoms with Gasteiger partial charge in [0, 0.05) is 20.4 Å². The highest BCUT2D eigenvalue weighted by Gasteiger charge is 2.60. The van der Waals surface area contributed by atoms with E-state index in [1.54, 1.807) is 0 Å². The van der Waals surface area contributed by atoms with Gasteiger partial charge < -0.3 is 19.9 Å². The van der Waals surface area contributed by atoms with Gasteiger partial charge in [-0.15, -0.1) is 0 Å². The Morgan fingerprint density at radius 1 is 1.26 bits per heavy atom. The molecule has 192 valence electrons. The van der Waals surface area contributed by atoms with Crippen molar-refractivity contribution in [2.24, 2.45) is 5.92 Å². The monoisotopic (exact) mass is 525 g/mol. The summed E-state index contributed by atoms with van der Waals surface area (Å²) in [6.07, 6.45) is -15.7. The fourth-order valence-corrected chi connectivity index (χ4v) is 4.30. The first-order valence-corrected chi connectivity index (χ1v) is 10.8. The molecule has 4 rings (SSSR count). The van der Waals surface area contributed by atoms with Crippen molar-refractivity contribution in [2.75, 3.05) is 5.73 Å².